The van der Waals surface area contributed by atoms with E-state index in [1.807, 2.05) is 23.8 Å². The van der Waals surface area contributed by atoms with Gasteiger partial charge in [-0.1, -0.05) is 6.07 Å². The van der Waals surface area contributed by atoms with Crippen LogP contribution in [-0.2, 0) is 17.6 Å². The van der Waals surface area contributed by atoms with Crippen molar-refractivity contribution in [2.75, 3.05) is 0 Å². The topological polar surface area (TPSA) is 118 Å². The van der Waals surface area contributed by atoms with E-state index in [1.54, 1.807) is 22.7 Å². The molecular weight excluding hydrogens is 408 g/mol. The van der Waals surface area contributed by atoms with Crippen molar-refractivity contribution >= 4 is 38.8 Å². The Labute approximate surface area is 173 Å². The first-order chi connectivity index (χ1) is 14.1. The van der Waals surface area contributed by atoms with Crippen LogP contribution in [0.1, 0.15) is 29.6 Å². The standard InChI is InChI=1S/C19H14N6O2S2/c20-9-19(3-4-19)23-15(26)6-16-24-25-17(27-16)7-18-22-12-2-1-11(5-13(12)29-18)14-8-21-10-28-14/h1-2,5,8,10H,3-4,6-7H2,(H,23,26). The van der Waals surface area contributed by atoms with Crippen LogP contribution in [0.3, 0.4) is 0 Å². The third-order valence-electron chi connectivity index (χ3n) is 4.62. The van der Waals surface area contributed by atoms with Gasteiger partial charge in [0.2, 0.25) is 17.7 Å². The zero-order chi connectivity index (χ0) is 19.8. The summed E-state index contributed by atoms with van der Waals surface area (Å²) in [7, 11) is 0. The quantitative estimate of drug-likeness (QED) is 0.507. The molecule has 0 saturated heterocycles. The van der Waals surface area contributed by atoms with Gasteiger partial charge in [0, 0.05) is 6.20 Å². The van der Waals surface area contributed by atoms with E-state index in [4.69, 9.17) is 9.68 Å². The lowest BCUT2D eigenvalue weighted by Crippen LogP contribution is -2.36. The number of nitrogens with zero attached hydrogens (tertiary/aromatic N) is 5. The molecule has 1 fully saturated rings. The molecule has 4 aromatic rings. The molecule has 0 atom stereocenters. The summed E-state index contributed by atoms with van der Waals surface area (Å²) in [5.74, 6) is 0.366. The Morgan fingerprint density at radius 3 is 2.93 bits per heavy atom. The van der Waals surface area contributed by atoms with Crippen LogP contribution >= 0.6 is 22.7 Å². The van der Waals surface area contributed by atoms with Gasteiger partial charge in [0.05, 0.1) is 33.1 Å². The van der Waals surface area contributed by atoms with Gasteiger partial charge in [-0.2, -0.15) is 5.26 Å². The Kier molecular flexibility index (Phi) is 4.34. The number of nitriles is 1. The molecule has 144 valence electrons. The molecule has 1 N–H and O–H groups in total. The highest BCUT2D eigenvalue weighted by atomic mass is 32.1. The predicted octanol–water partition coefficient (Wildman–Crippen LogP) is 3.11. The first kappa shape index (κ1) is 17.9. The van der Waals surface area contributed by atoms with Crippen LogP contribution in [0.25, 0.3) is 20.7 Å². The number of nitrogens with one attached hydrogen (secondary N) is 1. The minimum absolute atomic E-state index is 0.0333. The molecule has 1 amide bonds. The van der Waals surface area contributed by atoms with E-state index in [2.05, 4.69) is 37.6 Å². The van der Waals surface area contributed by atoms with Gasteiger partial charge in [-0.05, 0) is 30.5 Å². The maximum absolute atomic E-state index is 12.0. The smallest absolute Gasteiger partial charge is 0.230 e. The zero-order valence-electron chi connectivity index (χ0n) is 15.1. The van der Waals surface area contributed by atoms with Crippen molar-refractivity contribution in [2.24, 2.45) is 0 Å². The van der Waals surface area contributed by atoms with Crippen molar-refractivity contribution in [3.8, 4) is 16.5 Å². The molecule has 8 nitrogen and oxygen atoms in total. The Bertz CT molecular complexity index is 1230. The molecule has 0 bridgehead atoms. The maximum atomic E-state index is 12.0. The summed E-state index contributed by atoms with van der Waals surface area (Å²) in [5, 5.41) is 20.6. The summed E-state index contributed by atoms with van der Waals surface area (Å²) in [6, 6.07) is 8.27. The molecular formula is C19H14N6O2S2. The summed E-state index contributed by atoms with van der Waals surface area (Å²) in [4.78, 5) is 21.9. The predicted molar refractivity (Wildman–Crippen MR) is 107 cm³/mol. The molecule has 1 aliphatic carbocycles. The molecule has 0 radical (unpaired) electrons. The number of carbonyl (C=O) groups excluding carboxylic acids is 1. The summed E-state index contributed by atoms with van der Waals surface area (Å²) >= 11 is 3.18. The van der Waals surface area contributed by atoms with Crippen LogP contribution in [0.4, 0.5) is 0 Å². The van der Waals surface area contributed by atoms with Gasteiger partial charge < -0.3 is 9.73 Å². The van der Waals surface area contributed by atoms with Crippen molar-refractivity contribution in [2.45, 2.75) is 31.2 Å². The third-order valence-corrected chi connectivity index (χ3v) is 6.46. The molecule has 0 aliphatic heterocycles. The number of benzene rings is 1. The van der Waals surface area contributed by atoms with E-state index >= 15 is 0 Å². The summed E-state index contributed by atoms with van der Waals surface area (Å²) in [6.45, 7) is 0. The fourth-order valence-electron chi connectivity index (χ4n) is 2.96. The summed E-state index contributed by atoms with van der Waals surface area (Å²) in [5.41, 5.74) is 3.16. The monoisotopic (exact) mass is 422 g/mol. The van der Waals surface area contributed by atoms with E-state index in [0.717, 1.165) is 25.7 Å². The highest BCUT2D eigenvalue weighted by molar-refractivity contribution is 7.18. The van der Waals surface area contributed by atoms with E-state index < -0.39 is 5.54 Å². The second-order valence-corrected chi connectivity index (χ2v) is 8.84. The SMILES string of the molecule is N#CC1(NC(=O)Cc2nnc(Cc3nc4ccc(-c5cncs5)cc4s3)o2)CC1. The molecule has 10 heteroatoms. The van der Waals surface area contributed by atoms with E-state index in [9.17, 15) is 4.79 Å². The zero-order valence-corrected chi connectivity index (χ0v) is 16.7. The van der Waals surface area contributed by atoms with Gasteiger partial charge in [-0.15, -0.1) is 32.9 Å². The van der Waals surface area contributed by atoms with Crippen LogP contribution in [0.2, 0.25) is 0 Å². The van der Waals surface area contributed by atoms with Crippen molar-refractivity contribution < 1.29 is 9.21 Å². The number of rotatable bonds is 6. The molecule has 29 heavy (non-hydrogen) atoms. The van der Waals surface area contributed by atoms with Gasteiger partial charge in [0.1, 0.15) is 17.0 Å². The lowest BCUT2D eigenvalue weighted by Gasteiger charge is -2.06. The minimum atomic E-state index is -0.695. The molecule has 3 heterocycles. The summed E-state index contributed by atoms with van der Waals surface area (Å²) < 4.78 is 6.68. The first-order valence-electron chi connectivity index (χ1n) is 8.94. The fourth-order valence-corrected chi connectivity index (χ4v) is 4.58. The Hall–Kier alpha value is -3.16. The van der Waals surface area contributed by atoms with Crippen molar-refractivity contribution in [3.05, 3.63) is 46.7 Å². The summed E-state index contributed by atoms with van der Waals surface area (Å²) in [6.07, 6.45) is 3.60. The Balaban J connectivity index is 1.27. The molecule has 1 saturated carbocycles. The average molecular weight is 422 g/mol. The molecule has 3 aromatic heterocycles. The average Bonchev–Trinajstić information content (AvgIpc) is 3.13. The number of hydrogen-bond donors (Lipinski definition) is 1. The van der Waals surface area contributed by atoms with Crippen molar-refractivity contribution in [3.63, 3.8) is 0 Å². The third kappa shape index (κ3) is 3.74. The lowest BCUT2D eigenvalue weighted by molar-refractivity contribution is -0.121. The number of thiazole rings is 2. The fraction of sp³-hybridized carbons (Fsp3) is 0.263. The number of aromatic nitrogens is 4. The van der Waals surface area contributed by atoms with Crippen LogP contribution in [-0.4, -0.2) is 31.6 Å². The Morgan fingerprint density at radius 2 is 2.17 bits per heavy atom. The van der Waals surface area contributed by atoms with E-state index in [-0.39, 0.29) is 18.2 Å². The largest absolute Gasteiger partial charge is 0.424 e. The minimum Gasteiger partial charge on any atom is -0.424 e. The van der Waals surface area contributed by atoms with Crippen molar-refractivity contribution in [1.82, 2.24) is 25.5 Å². The second-order valence-electron chi connectivity index (χ2n) is 6.84. The maximum Gasteiger partial charge on any atom is 0.230 e. The highest BCUT2D eigenvalue weighted by Gasteiger charge is 2.44. The van der Waals surface area contributed by atoms with E-state index in [1.165, 1.54) is 0 Å². The van der Waals surface area contributed by atoms with Crippen LogP contribution in [0.15, 0.2) is 34.3 Å². The van der Waals surface area contributed by atoms with Crippen LogP contribution in [0, 0.1) is 11.3 Å². The number of amides is 1. The van der Waals surface area contributed by atoms with Gasteiger partial charge >= 0.3 is 0 Å². The van der Waals surface area contributed by atoms with Gasteiger partial charge in [0.25, 0.3) is 0 Å². The second kappa shape index (κ2) is 7.02. The first-order valence-corrected chi connectivity index (χ1v) is 10.6. The number of carbonyl (C=O) groups is 1. The lowest BCUT2D eigenvalue weighted by atomic mass is 10.2. The molecule has 0 spiro atoms. The van der Waals surface area contributed by atoms with Gasteiger partial charge in [-0.3, -0.25) is 9.78 Å². The van der Waals surface area contributed by atoms with E-state index in [0.29, 0.717) is 25.2 Å². The van der Waals surface area contributed by atoms with Crippen molar-refractivity contribution in [1.29, 1.82) is 5.26 Å². The molecule has 1 aliphatic rings. The van der Waals surface area contributed by atoms with Crippen LogP contribution in [0.5, 0.6) is 0 Å². The highest BCUT2D eigenvalue weighted by Crippen LogP contribution is 2.34. The molecule has 0 unspecified atom stereocenters. The number of fused-ring (bicyclic) bond motifs is 1. The Morgan fingerprint density at radius 1 is 1.31 bits per heavy atom. The molecule has 5 rings (SSSR count). The number of hydrogen-bond acceptors (Lipinski definition) is 9. The molecule has 1 aromatic carbocycles. The van der Waals surface area contributed by atoms with Gasteiger partial charge in [-0.25, -0.2) is 4.98 Å². The van der Waals surface area contributed by atoms with Crippen LogP contribution < -0.4 is 5.32 Å². The normalized spacial score (nSPS) is 14.6. The van der Waals surface area contributed by atoms with Gasteiger partial charge in [0.15, 0.2) is 0 Å².